The highest BCUT2D eigenvalue weighted by Gasteiger charge is 2.27. The van der Waals surface area contributed by atoms with E-state index in [0.29, 0.717) is 35.1 Å². The van der Waals surface area contributed by atoms with E-state index in [1.54, 1.807) is 37.9 Å². The number of pyridine rings is 1. The molecule has 1 saturated heterocycles. The number of nitrogens with zero attached hydrogens (tertiary/aromatic N) is 6. The predicted octanol–water partition coefficient (Wildman–Crippen LogP) is 3.70. The molecule has 2 amide bonds. The van der Waals surface area contributed by atoms with Gasteiger partial charge in [-0.05, 0) is 64.7 Å². The molecule has 2 aromatic carbocycles. The highest BCUT2D eigenvalue weighted by Crippen LogP contribution is 2.29. The van der Waals surface area contributed by atoms with E-state index in [1.807, 2.05) is 65.0 Å². The van der Waals surface area contributed by atoms with Crippen LogP contribution in [0.2, 0.25) is 5.02 Å². The Kier molecular flexibility index (Phi) is 8.14. The molecular weight excluding hydrogens is 580 g/mol. The first-order valence-electron chi connectivity index (χ1n) is 14.1. The summed E-state index contributed by atoms with van der Waals surface area (Å²) < 4.78 is 3.37. The summed E-state index contributed by atoms with van der Waals surface area (Å²) in [6.45, 7) is 1.09. The van der Waals surface area contributed by atoms with Crippen molar-refractivity contribution >= 4 is 34.9 Å². The average Bonchev–Trinajstić information content (AvgIpc) is 3.64. The van der Waals surface area contributed by atoms with Crippen molar-refractivity contribution in [2.45, 2.75) is 18.6 Å². The summed E-state index contributed by atoms with van der Waals surface area (Å²) in [5.41, 5.74) is 5.31. The zero-order valence-corrected chi connectivity index (χ0v) is 24.9. The molecule has 1 unspecified atom stereocenters. The Morgan fingerprint density at radius 1 is 1.00 bits per heavy atom. The van der Waals surface area contributed by atoms with Gasteiger partial charge >= 0.3 is 0 Å². The number of hydrogen-bond donors (Lipinski definition) is 3. The summed E-state index contributed by atoms with van der Waals surface area (Å²) in [4.78, 5) is 37.5. The highest BCUT2D eigenvalue weighted by atomic mass is 35.5. The molecule has 0 radical (unpaired) electrons. The molecule has 224 valence electrons. The molecule has 0 spiro atoms. The van der Waals surface area contributed by atoms with Crippen LogP contribution in [0.25, 0.3) is 22.4 Å². The summed E-state index contributed by atoms with van der Waals surface area (Å²) in [6, 6.07) is 17.5. The third-order valence-corrected chi connectivity index (χ3v) is 8.04. The number of aryl methyl sites for hydroxylation is 2. The molecule has 1 atom stereocenters. The van der Waals surface area contributed by atoms with E-state index in [-0.39, 0.29) is 12.5 Å². The van der Waals surface area contributed by atoms with Gasteiger partial charge in [0.25, 0.3) is 5.91 Å². The third kappa shape index (κ3) is 6.19. The maximum Gasteiger partial charge on any atom is 0.270 e. The van der Waals surface area contributed by atoms with Gasteiger partial charge in [0.05, 0.1) is 24.3 Å². The SMILES string of the molecule is Cn1cncc1-c1ccc(NC(=O)C(Cc2cc(-c3ccnc(N4CC(O)C4)c3)ccc2Cl)NC(=O)c2ccnn2C)cc1. The van der Waals surface area contributed by atoms with Gasteiger partial charge in [-0.1, -0.05) is 29.8 Å². The molecule has 0 bridgehead atoms. The Morgan fingerprint density at radius 2 is 1.75 bits per heavy atom. The smallest absolute Gasteiger partial charge is 0.270 e. The lowest BCUT2D eigenvalue weighted by atomic mass is 9.98. The molecule has 1 aliphatic heterocycles. The van der Waals surface area contributed by atoms with Gasteiger partial charge in [0.1, 0.15) is 17.6 Å². The molecule has 3 aromatic heterocycles. The Balaban J connectivity index is 1.25. The van der Waals surface area contributed by atoms with Crippen LogP contribution in [0.3, 0.4) is 0 Å². The first-order chi connectivity index (χ1) is 21.2. The van der Waals surface area contributed by atoms with Crippen molar-refractivity contribution in [2.75, 3.05) is 23.3 Å². The molecule has 44 heavy (non-hydrogen) atoms. The number of benzene rings is 2. The first-order valence-corrected chi connectivity index (χ1v) is 14.5. The molecule has 5 aromatic rings. The van der Waals surface area contributed by atoms with Crippen molar-refractivity contribution in [2.24, 2.45) is 14.1 Å². The van der Waals surface area contributed by atoms with E-state index in [1.165, 1.54) is 10.9 Å². The van der Waals surface area contributed by atoms with Crippen LogP contribution in [0.5, 0.6) is 0 Å². The summed E-state index contributed by atoms with van der Waals surface area (Å²) >= 11 is 6.65. The number of aliphatic hydroxyl groups excluding tert-OH is 1. The zero-order valence-electron chi connectivity index (χ0n) is 24.2. The van der Waals surface area contributed by atoms with Crippen LogP contribution in [0, 0.1) is 0 Å². The van der Waals surface area contributed by atoms with Gasteiger partial charge in [-0.3, -0.25) is 14.3 Å². The Hall–Kier alpha value is -5.00. The van der Waals surface area contributed by atoms with Crippen molar-refractivity contribution in [3.8, 4) is 22.4 Å². The van der Waals surface area contributed by atoms with Gasteiger partial charge in [-0.2, -0.15) is 5.10 Å². The average molecular weight is 611 g/mol. The van der Waals surface area contributed by atoms with E-state index in [0.717, 1.165) is 28.2 Å². The summed E-state index contributed by atoms with van der Waals surface area (Å²) in [5.74, 6) is -0.0447. The number of hydrogen-bond acceptors (Lipinski definition) is 7. The highest BCUT2D eigenvalue weighted by molar-refractivity contribution is 6.31. The lowest BCUT2D eigenvalue weighted by Crippen LogP contribution is -2.51. The fraction of sp³-hybridized carbons (Fsp3) is 0.219. The number of anilines is 2. The second-order valence-electron chi connectivity index (χ2n) is 10.8. The predicted molar refractivity (Wildman–Crippen MR) is 168 cm³/mol. The Bertz CT molecular complexity index is 1810. The molecule has 4 heterocycles. The number of aliphatic hydroxyl groups is 1. The van der Waals surface area contributed by atoms with Gasteiger partial charge in [0, 0.05) is 56.7 Å². The van der Waals surface area contributed by atoms with E-state index in [2.05, 4.69) is 25.7 Å². The molecule has 0 saturated carbocycles. The number of β-amino-alcohol motifs (C(OH)–C–C–N with tert-alkyl or cyclic N) is 1. The molecule has 12 heteroatoms. The summed E-state index contributed by atoms with van der Waals surface area (Å²) in [6.07, 6.45) is 6.56. The van der Waals surface area contributed by atoms with E-state index >= 15 is 0 Å². The fourth-order valence-corrected chi connectivity index (χ4v) is 5.37. The zero-order chi connectivity index (χ0) is 30.8. The van der Waals surface area contributed by atoms with Crippen LogP contribution in [-0.2, 0) is 25.3 Å². The van der Waals surface area contributed by atoms with E-state index in [9.17, 15) is 14.7 Å². The van der Waals surface area contributed by atoms with E-state index in [4.69, 9.17) is 11.6 Å². The van der Waals surface area contributed by atoms with Crippen molar-refractivity contribution < 1.29 is 14.7 Å². The number of carbonyl (C=O) groups excluding carboxylic acids is 2. The van der Waals surface area contributed by atoms with Crippen molar-refractivity contribution in [1.29, 1.82) is 0 Å². The van der Waals surface area contributed by atoms with Gasteiger partial charge in [-0.25, -0.2) is 9.97 Å². The van der Waals surface area contributed by atoms with Crippen LogP contribution < -0.4 is 15.5 Å². The quantitative estimate of drug-likeness (QED) is 0.232. The minimum atomic E-state index is -0.947. The fourth-order valence-electron chi connectivity index (χ4n) is 5.17. The maximum absolute atomic E-state index is 13.7. The van der Waals surface area contributed by atoms with Gasteiger partial charge in [-0.15, -0.1) is 0 Å². The number of halogens is 1. The second-order valence-corrected chi connectivity index (χ2v) is 11.2. The van der Waals surface area contributed by atoms with Gasteiger partial charge in [0.15, 0.2) is 0 Å². The van der Waals surface area contributed by atoms with Crippen molar-refractivity contribution in [3.63, 3.8) is 0 Å². The minimum Gasteiger partial charge on any atom is -0.389 e. The Morgan fingerprint density at radius 3 is 2.43 bits per heavy atom. The number of imidazole rings is 1. The topological polar surface area (TPSA) is 130 Å². The standard InChI is InChI=1S/C32H31ClN8O3/c1-39-19-34-16-29(39)20-3-6-24(7-4-20)37-31(43)27(38-32(44)28-10-12-36-40(28)2)14-23-13-21(5-8-26(23)33)22-9-11-35-30(15-22)41-17-25(42)18-41/h3-13,15-16,19,25,27,42H,14,17-18H2,1-2H3,(H,37,43)(H,38,44). The largest absolute Gasteiger partial charge is 0.389 e. The second kappa shape index (κ2) is 12.3. The number of amides is 2. The van der Waals surface area contributed by atoms with Crippen LogP contribution in [0.15, 0.2) is 85.6 Å². The van der Waals surface area contributed by atoms with Gasteiger partial charge in [0.2, 0.25) is 5.91 Å². The lowest BCUT2D eigenvalue weighted by Gasteiger charge is -2.36. The lowest BCUT2D eigenvalue weighted by molar-refractivity contribution is -0.118. The monoisotopic (exact) mass is 610 g/mol. The molecule has 6 rings (SSSR count). The molecule has 1 aliphatic rings. The molecule has 0 aliphatic carbocycles. The number of carbonyl (C=O) groups is 2. The van der Waals surface area contributed by atoms with Crippen molar-refractivity contribution in [3.05, 3.63) is 102 Å². The third-order valence-electron chi connectivity index (χ3n) is 7.68. The van der Waals surface area contributed by atoms with Crippen molar-refractivity contribution in [1.82, 2.24) is 29.6 Å². The molecule has 1 fully saturated rings. The summed E-state index contributed by atoms with van der Waals surface area (Å²) in [5, 5.41) is 20.1. The molecule has 11 nitrogen and oxygen atoms in total. The van der Waals surface area contributed by atoms with E-state index < -0.39 is 17.9 Å². The number of aromatic nitrogens is 5. The summed E-state index contributed by atoms with van der Waals surface area (Å²) in [7, 11) is 3.58. The van der Waals surface area contributed by atoms with Crippen LogP contribution in [-0.4, -0.2) is 66.5 Å². The molecular formula is C32H31ClN8O3. The minimum absolute atomic E-state index is 0.144. The maximum atomic E-state index is 13.7. The molecule has 3 N–H and O–H groups in total. The Labute approximate surface area is 259 Å². The van der Waals surface area contributed by atoms with Gasteiger partial charge < -0.3 is 25.2 Å². The normalized spacial score (nSPS) is 13.8. The number of rotatable bonds is 9. The first kappa shape index (κ1) is 29.1. The van der Waals surface area contributed by atoms with Crippen LogP contribution in [0.4, 0.5) is 11.5 Å². The number of nitrogens with one attached hydrogen (secondary N) is 2. The van der Waals surface area contributed by atoms with Crippen LogP contribution in [0.1, 0.15) is 16.1 Å². The van der Waals surface area contributed by atoms with Crippen LogP contribution >= 0.6 is 11.6 Å².